The lowest BCUT2D eigenvalue weighted by atomic mass is 9.83. The van der Waals surface area contributed by atoms with Gasteiger partial charge in [-0.2, -0.15) is 0 Å². The highest BCUT2D eigenvalue weighted by atomic mass is 35.5. The molecule has 1 N–H and O–H groups in total. The monoisotopic (exact) mass is 314 g/mol. The summed E-state index contributed by atoms with van der Waals surface area (Å²) in [5.74, 6) is 0.0772. The van der Waals surface area contributed by atoms with Crippen LogP contribution in [0.2, 0.25) is 10.0 Å². The third-order valence-electron chi connectivity index (χ3n) is 3.80. The zero-order valence-corrected chi connectivity index (χ0v) is 12.2. The summed E-state index contributed by atoms with van der Waals surface area (Å²) < 4.78 is 0. The minimum absolute atomic E-state index is 0.0765. The van der Waals surface area contributed by atoms with Crippen molar-refractivity contribution in [1.29, 1.82) is 0 Å². The maximum Gasteiger partial charge on any atom is 0.194 e. The van der Waals surface area contributed by atoms with Gasteiger partial charge in [-0.15, -0.1) is 0 Å². The van der Waals surface area contributed by atoms with Gasteiger partial charge in [0.25, 0.3) is 0 Å². The zero-order valence-electron chi connectivity index (χ0n) is 10.7. The van der Waals surface area contributed by atoms with Crippen LogP contribution in [0.3, 0.4) is 0 Å². The lowest BCUT2D eigenvalue weighted by Crippen LogP contribution is -2.10. The van der Waals surface area contributed by atoms with Crippen molar-refractivity contribution in [3.63, 3.8) is 0 Å². The molecular weight excluding hydrogens is 307 g/mol. The highest BCUT2D eigenvalue weighted by Gasteiger charge is 2.26. The number of phenols is 1. The Kier molecular flexibility index (Phi) is 2.56. The van der Waals surface area contributed by atoms with Crippen LogP contribution < -0.4 is 0 Å². The molecule has 4 heteroatoms. The summed E-state index contributed by atoms with van der Waals surface area (Å²) in [6.07, 6.45) is 0. The van der Waals surface area contributed by atoms with Crippen LogP contribution in [-0.4, -0.2) is 10.9 Å². The lowest BCUT2D eigenvalue weighted by Gasteiger charge is -2.20. The van der Waals surface area contributed by atoms with E-state index in [9.17, 15) is 9.90 Å². The van der Waals surface area contributed by atoms with Crippen molar-refractivity contribution in [2.45, 2.75) is 0 Å². The first-order valence-electron chi connectivity index (χ1n) is 6.36. The van der Waals surface area contributed by atoms with Gasteiger partial charge < -0.3 is 5.11 Å². The van der Waals surface area contributed by atoms with Crippen LogP contribution >= 0.6 is 23.2 Å². The number of fused-ring (bicyclic) bond motifs is 2. The predicted octanol–water partition coefficient (Wildman–Crippen LogP) is 5.06. The Bertz CT molecular complexity index is 945. The van der Waals surface area contributed by atoms with Crippen LogP contribution in [-0.2, 0) is 0 Å². The maximum absolute atomic E-state index is 12.7. The summed E-state index contributed by atoms with van der Waals surface area (Å²) in [5.41, 5.74) is 2.63. The van der Waals surface area contributed by atoms with E-state index in [-0.39, 0.29) is 11.5 Å². The molecule has 0 amide bonds. The second-order valence-corrected chi connectivity index (χ2v) is 5.85. The van der Waals surface area contributed by atoms with E-state index in [0.717, 1.165) is 16.3 Å². The van der Waals surface area contributed by atoms with Crippen LogP contribution in [0.5, 0.6) is 5.75 Å². The average molecular weight is 315 g/mol. The zero-order chi connectivity index (χ0) is 14.7. The molecule has 0 fully saturated rings. The summed E-state index contributed by atoms with van der Waals surface area (Å²) in [4.78, 5) is 12.7. The van der Waals surface area contributed by atoms with Crippen LogP contribution in [0.15, 0.2) is 42.5 Å². The summed E-state index contributed by atoms with van der Waals surface area (Å²) in [6, 6.07) is 12.0. The average Bonchev–Trinajstić information content (AvgIpc) is 2.46. The van der Waals surface area contributed by atoms with Gasteiger partial charge in [0, 0.05) is 16.5 Å². The molecule has 1 aliphatic rings. The SMILES string of the molecule is O=C1c2cc(Cl)c(Cl)cc2-c2cc(O)cc3cccc1c23. The number of hydrogen-bond donors (Lipinski definition) is 1. The Labute approximate surface area is 130 Å². The summed E-state index contributed by atoms with van der Waals surface area (Å²) in [5, 5.41) is 12.3. The van der Waals surface area contributed by atoms with Crippen LogP contribution in [0.1, 0.15) is 15.9 Å². The third-order valence-corrected chi connectivity index (χ3v) is 4.52. The number of rotatable bonds is 0. The molecular formula is C17H8Cl2O2. The molecule has 0 radical (unpaired) electrons. The van der Waals surface area contributed by atoms with Crippen LogP contribution in [0.25, 0.3) is 21.9 Å². The van der Waals surface area contributed by atoms with Gasteiger partial charge >= 0.3 is 0 Å². The van der Waals surface area contributed by atoms with Crippen molar-refractivity contribution >= 4 is 39.8 Å². The Morgan fingerprint density at radius 3 is 2.29 bits per heavy atom. The molecule has 21 heavy (non-hydrogen) atoms. The molecule has 1 aliphatic carbocycles. The molecule has 3 aromatic rings. The minimum Gasteiger partial charge on any atom is -0.508 e. The number of aromatic hydroxyl groups is 1. The number of ketones is 1. The molecule has 0 aromatic heterocycles. The van der Waals surface area contributed by atoms with E-state index in [1.54, 1.807) is 36.4 Å². The molecule has 0 bridgehead atoms. The molecule has 0 unspecified atom stereocenters. The van der Waals surface area contributed by atoms with Gasteiger partial charge in [-0.1, -0.05) is 41.4 Å². The lowest BCUT2D eigenvalue weighted by molar-refractivity contribution is 0.104. The second kappa shape index (κ2) is 4.23. The fourth-order valence-corrected chi connectivity index (χ4v) is 3.24. The molecule has 2 nitrogen and oxygen atoms in total. The van der Waals surface area contributed by atoms with E-state index in [1.807, 2.05) is 6.07 Å². The molecule has 102 valence electrons. The van der Waals surface area contributed by atoms with Crippen molar-refractivity contribution < 1.29 is 9.90 Å². The molecule has 3 aromatic carbocycles. The highest BCUT2D eigenvalue weighted by Crippen LogP contribution is 2.43. The van der Waals surface area contributed by atoms with E-state index < -0.39 is 0 Å². The first-order chi connectivity index (χ1) is 10.1. The van der Waals surface area contributed by atoms with E-state index in [1.165, 1.54) is 0 Å². The van der Waals surface area contributed by atoms with E-state index in [2.05, 4.69) is 0 Å². The van der Waals surface area contributed by atoms with Crippen molar-refractivity contribution in [2.75, 3.05) is 0 Å². The minimum atomic E-state index is -0.0765. The fraction of sp³-hybridized carbons (Fsp3) is 0. The van der Waals surface area contributed by atoms with Gasteiger partial charge in [0.05, 0.1) is 10.0 Å². The smallest absolute Gasteiger partial charge is 0.194 e. The highest BCUT2D eigenvalue weighted by molar-refractivity contribution is 6.43. The van der Waals surface area contributed by atoms with E-state index in [0.29, 0.717) is 26.7 Å². The number of hydrogen-bond acceptors (Lipinski definition) is 2. The van der Waals surface area contributed by atoms with Gasteiger partial charge in [0.1, 0.15) is 5.75 Å². The predicted molar refractivity (Wildman–Crippen MR) is 84.5 cm³/mol. The maximum atomic E-state index is 12.7. The van der Waals surface area contributed by atoms with Gasteiger partial charge in [0.2, 0.25) is 0 Å². The standard InChI is InChI=1S/C17H8Cl2O2/c18-14-6-11-12-5-9(20)4-8-2-1-3-10(16(8)12)17(21)13(11)7-15(14)19/h1-7,20H. The van der Waals surface area contributed by atoms with E-state index >= 15 is 0 Å². The summed E-state index contributed by atoms with van der Waals surface area (Å²) >= 11 is 12.1. The van der Waals surface area contributed by atoms with Crippen molar-refractivity contribution in [2.24, 2.45) is 0 Å². The quantitative estimate of drug-likeness (QED) is 0.492. The van der Waals surface area contributed by atoms with Crippen molar-refractivity contribution in [3.05, 3.63) is 63.6 Å². The second-order valence-electron chi connectivity index (χ2n) is 5.04. The van der Waals surface area contributed by atoms with Crippen LogP contribution in [0, 0.1) is 0 Å². The molecule has 0 aliphatic heterocycles. The van der Waals surface area contributed by atoms with Crippen molar-refractivity contribution in [3.8, 4) is 16.9 Å². The van der Waals surface area contributed by atoms with Crippen LogP contribution in [0.4, 0.5) is 0 Å². The number of carbonyl (C=O) groups is 1. The topological polar surface area (TPSA) is 37.3 Å². The van der Waals surface area contributed by atoms with E-state index in [4.69, 9.17) is 23.2 Å². The van der Waals surface area contributed by atoms with Gasteiger partial charge in [-0.3, -0.25) is 4.79 Å². The molecule has 0 saturated carbocycles. The summed E-state index contributed by atoms with van der Waals surface area (Å²) in [6.45, 7) is 0. The molecule has 0 saturated heterocycles. The normalized spacial score (nSPS) is 12.6. The van der Waals surface area contributed by atoms with Gasteiger partial charge in [-0.05, 0) is 40.8 Å². The Morgan fingerprint density at radius 1 is 0.810 bits per heavy atom. The van der Waals surface area contributed by atoms with Gasteiger partial charge in [0.15, 0.2) is 5.78 Å². The number of phenolic OH excluding ortho intramolecular Hbond substituents is 1. The molecule has 0 atom stereocenters. The first kappa shape index (κ1) is 12.7. The molecule has 4 rings (SSSR count). The third kappa shape index (κ3) is 1.70. The molecule has 0 heterocycles. The number of carbonyl (C=O) groups excluding carboxylic acids is 1. The largest absolute Gasteiger partial charge is 0.508 e. The Balaban J connectivity index is 2.24. The Hall–Kier alpha value is -2.03. The summed E-state index contributed by atoms with van der Waals surface area (Å²) in [7, 11) is 0. The number of halogens is 2. The van der Waals surface area contributed by atoms with Crippen molar-refractivity contribution in [1.82, 2.24) is 0 Å². The fourth-order valence-electron chi connectivity index (χ4n) is 2.92. The number of benzene rings is 3. The Morgan fingerprint density at radius 2 is 1.52 bits per heavy atom. The van der Waals surface area contributed by atoms with Gasteiger partial charge in [-0.25, -0.2) is 0 Å². The first-order valence-corrected chi connectivity index (χ1v) is 7.12. The molecule has 0 spiro atoms.